The Kier molecular flexibility index (Phi) is 1.98. The van der Waals surface area contributed by atoms with Gasteiger partial charge in [0.1, 0.15) is 12.9 Å². The largest absolute Gasteiger partial charge is 0.505 e. The van der Waals surface area contributed by atoms with Crippen LogP contribution in [0.15, 0.2) is 0 Å². The third kappa shape index (κ3) is 1.02. The van der Waals surface area contributed by atoms with E-state index in [-0.39, 0.29) is 11.2 Å². The molecule has 0 atom stereocenters. The minimum Gasteiger partial charge on any atom is -0.505 e. The van der Waals surface area contributed by atoms with E-state index in [4.69, 9.17) is 40.5 Å². The number of hydrogen-bond acceptors (Lipinski definition) is 4. The van der Waals surface area contributed by atoms with Crippen LogP contribution < -0.4 is 11.2 Å². The van der Waals surface area contributed by atoms with E-state index in [1.54, 1.807) is 0 Å². The Morgan fingerprint density at radius 2 is 1.58 bits per heavy atom. The standard InChI is InChI=1S/C6H5BClNO3/c7-1-3(9)5(11)2(8)6(12)4(1)10/h10-12H,9H2. The van der Waals surface area contributed by atoms with Gasteiger partial charge in [-0.05, 0) is 5.46 Å². The number of anilines is 1. The van der Waals surface area contributed by atoms with Crippen molar-refractivity contribution >= 4 is 30.6 Å². The number of nitrogens with two attached hydrogens (primary N) is 1. The first-order chi connectivity index (χ1) is 5.46. The van der Waals surface area contributed by atoms with Crippen molar-refractivity contribution in [2.45, 2.75) is 0 Å². The van der Waals surface area contributed by atoms with Crippen LogP contribution >= 0.6 is 11.6 Å². The molecule has 6 heteroatoms. The molecule has 0 bridgehead atoms. The van der Waals surface area contributed by atoms with Gasteiger partial charge < -0.3 is 21.1 Å². The number of phenolic OH excluding ortho intramolecular Hbond substituents is 3. The summed E-state index contributed by atoms with van der Waals surface area (Å²) in [5.74, 6) is -1.85. The number of halogens is 1. The van der Waals surface area contributed by atoms with Crippen molar-refractivity contribution < 1.29 is 15.3 Å². The summed E-state index contributed by atoms with van der Waals surface area (Å²) in [5, 5.41) is 26.7. The zero-order chi connectivity index (χ0) is 9.46. The highest BCUT2D eigenvalue weighted by atomic mass is 35.5. The molecular weight excluding hydrogens is 180 g/mol. The van der Waals surface area contributed by atoms with Crippen molar-refractivity contribution in [3.8, 4) is 17.2 Å². The van der Waals surface area contributed by atoms with Crippen molar-refractivity contribution in [3.63, 3.8) is 0 Å². The van der Waals surface area contributed by atoms with Crippen molar-refractivity contribution in [2.75, 3.05) is 5.73 Å². The predicted molar refractivity (Wildman–Crippen MR) is 46.2 cm³/mol. The van der Waals surface area contributed by atoms with Crippen LogP contribution in [0.3, 0.4) is 0 Å². The Balaban J connectivity index is 3.60. The first-order valence-corrected chi connectivity index (χ1v) is 3.32. The number of phenols is 3. The molecule has 12 heavy (non-hydrogen) atoms. The third-order valence-corrected chi connectivity index (χ3v) is 1.80. The molecule has 1 aromatic rings. The van der Waals surface area contributed by atoms with Gasteiger partial charge >= 0.3 is 0 Å². The second kappa shape index (κ2) is 2.67. The summed E-state index contributed by atoms with van der Waals surface area (Å²) in [4.78, 5) is 0. The summed E-state index contributed by atoms with van der Waals surface area (Å²) < 4.78 is 0. The molecule has 0 aliphatic heterocycles. The topological polar surface area (TPSA) is 86.7 Å². The summed E-state index contributed by atoms with van der Waals surface area (Å²) >= 11 is 5.36. The molecule has 0 spiro atoms. The Hall–Kier alpha value is -1.23. The summed E-state index contributed by atoms with van der Waals surface area (Å²) in [6.07, 6.45) is 0. The lowest BCUT2D eigenvalue weighted by atomic mass is 9.92. The van der Waals surface area contributed by atoms with Gasteiger partial charge in [0.25, 0.3) is 0 Å². The molecule has 0 amide bonds. The maximum absolute atomic E-state index is 9.08. The Labute approximate surface area is 74.6 Å². The number of hydrogen-bond donors (Lipinski definition) is 4. The minimum atomic E-state index is -0.680. The van der Waals surface area contributed by atoms with E-state index in [0.717, 1.165) is 0 Å². The molecule has 0 aliphatic rings. The lowest BCUT2D eigenvalue weighted by Gasteiger charge is -2.09. The quantitative estimate of drug-likeness (QED) is 0.196. The maximum atomic E-state index is 9.08. The first kappa shape index (κ1) is 8.87. The molecule has 0 aliphatic carbocycles. The SMILES string of the molecule is [B]c1c(N)c(O)c(Cl)c(O)c1O. The zero-order valence-electron chi connectivity index (χ0n) is 5.87. The molecule has 1 aromatic carbocycles. The van der Waals surface area contributed by atoms with E-state index in [1.807, 2.05) is 0 Å². The molecule has 0 heterocycles. The summed E-state index contributed by atoms with van der Waals surface area (Å²) in [6, 6.07) is 0. The van der Waals surface area contributed by atoms with Crippen LogP contribution in [0.5, 0.6) is 17.2 Å². The molecule has 0 fully saturated rings. The lowest BCUT2D eigenvalue weighted by molar-refractivity contribution is 0.400. The van der Waals surface area contributed by atoms with Crippen LogP contribution in [0.4, 0.5) is 5.69 Å². The lowest BCUT2D eigenvalue weighted by Crippen LogP contribution is -2.10. The number of nitrogen functional groups attached to an aromatic ring is 1. The van der Waals surface area contributed by atoms with Gasteiger partial charge in [0, 0.05) is 0 Å². The van der Waals surface area contributed by atoms with Gasteiger partial charge in [-0.25, -0.2) is 0 Å². The second-order valence-corrected chi connectivity index (χ2v) is 2.57. The van der Waals surface area contributed by atoms with Crippen molar-refractivity contribution in [3.05, 3.63) is 5.02 Å². The van der Waals surface area contributed by atoms with Gasteiger partial charge in [0.05, 0.1) is 5.69 Å². The molecule has 4 nitrogen and oxygen atoms in total. The van der Waals surface area contributed by atoms with E-state index in [2.05, 4.69) is 0 Å². The summed E-state index contributed by atoms with van der Waals surface area (Å²) in [5.41, 5.74) is 4.67. The molecule has 0 unspecified atom stereocenters. The summed E-state index contributed by atoms with van der Waals surface area (Å²) in [7, 11) is 5.20. The smallest absolute Gasteiger partial charge is 0.179 e. The number of aromatic hydroxyl groups is 3. The van der Waals surface area contributed by atoms with Crippen LogP contribution in [-0.4, -0.2) is 23.2 Å². The first-order valence-electron chi connectivity index (χ1n) is 2.94. The number of benzene rings is 1. The van der Waals surface area contributed by atoms with Gasteiger partial charge in [-0.2, -0.15) is 0 Å². The van der Waals surface area contributed by atoms with Crippen LogP contribution in [0.25, 0.3) is 0 Å². The fourth-order valence-electron chi connectivity index (χ4n) is 0.717. The predicted octanol–water partition coefficient (Wildman–Crippen LogP) is -0.167. The molecule has 1 rings (SSSR count). The van der Waals surface area contributed by atoms with Gasteiger partial charge in [0.15, 0.2) is 17.2 Å². The molecule has 62 valence electrons. The average molecular weight is 185 g/mol. The van der Waals surface area contributed by atoms with Crippen molar-refractivity contribution in [2.24, 2.45) is 0 Å². The van der Waals surface area contributed by atoms with Gasteiger partial charge in [-0.1, -0.05) is 11.6 Å². The molecule has 0 saturated heterocycles. The van der Waals surface area contributed by atoms with Crippen LogP contribution in [0.2, 0.25) is 5.02 Å². The van der Waals surface area contributed by atoms with Crippen LogP contribution in [0, 0.1) is 0 Å². The molecular formula is C6H5BClNO3. The van der Waals surface area contributed by atoms with Gasteiger partial charge in [0.2, 0.25) is 0 Å². The monoisotopic (exact) mass is 185 g/mol. The second-order valence-electron chi connectivity index (χ2n) is 2.19. The zero-order valence-corrected chi connectivity index (χ0v) is 6.63. The highest BCUT2D eigenvalue weighted by molar-refractivity contribution is 6.41. The fraction of sp³-hybridized carbons (Fsp3) is 0. The van der Waals surface area contributed by atoms with E-state index >= 15 is 0 Å². The van der Waals surface area contributed by atoms with E-state index in [0.29, 0.717) is 0 Å². The Morgan fingerprint density at radius 1 is 1.08 bits per heavy atom. The highest BCUT2D eigenvalue weighted by Crippen LogP contribution is 2.41. The fourth-order valence-corrected chi connectivity index (χ4v) is 0.908. The molecule has 0 saturated carbocycles. The van der Waals surface area contributed by atoms with Crippen LogP contribution in [0.1, 0.15) is 0 Å². The van der Waals surface area contributed by atoms with Crippen molar-refractivity contribution in [1.82, 2.24) is 0 Å². The molecule has 5 N–H and O–H groups in total. The Bertz CT molecular complexity index is 237. The average Bonchev–Trinajstić information content (AvgIpc) is 2.08. The molecule has 2 radical (unpaired) electrons. The third-order valence-electron chi connectivity index (χ3n) is 1.44. The van der Waals surface area contributed by atoms with E-state index < -0.39 is 22.3 Å². The normalized spacial score (nSPS) is 10.1. The minimum absolute atomic E-state index is 0.254. The van der Waals surface area contributed by atoms with E-state index in [1.165, 1.54) is 0 Å². The number of rotatable bonds is 0. The molecule has 0 aromatic heterocycles. The maximum Gasteiger partial charge on any atom is 0.179 e. The van der Waals surface area contributed by atoms with Crippen LogP contribution in [-0.2, 0) is 0 Å². The summed E-state index contributed by atoms with van der Waals surface area (Å²) in [6.45, 7) is 0. The van der Waals surface area contributed by atoms with Crippen molar-refractivity contribution in [1.29, 1.82) is 0 Å². The van der Waals surface area contributed by atoms with E-state index in [9.17, 15) is 0 Å². The highest BCUT2D eigenvalue weighted by Gasteiger charge is 2.16. The van der Waals surface area contributed by atoms with Gasteiger partial charge in [-0.15, -0.1) is 0 Å². The Morgan fingerprint density at radius 3 is 2.08 bits per heavy atom. The van der Waals surface area contributed by atoms with Gasteiger partial charge in [-0.3, -0.25) is 0 Å².